The maximum atomic E-state index is 13.0. The number of rotatable bonds is 4. The van der Waals surface area contributed by atoms with E-state index >= 15 is 0 Å². The highest BCUT2D eigenvalue weighted by Gasteiger charge is 2.30. The molecule has 2 unspecified atom stereocenters. The van der Waals surface area contributed by atoms with E-state index in [1.807, 2.05) is 4.90 Å². The molecule has 0 aromatic heterocycles. The topological polar surface area (TPSA) is 49.4 Å². The van der Waals surface area contributed by atoms with Gasteiger partial charge in [0.2, 0.25) is 5.91 Å². The number of hydrogen-bond acceptors (Lipinski definition) is 3. The SMILES string of the molecule is Cl.O=C(c1ccc(F)cc1)C1CCCN(C(=O)CC2CCCN2)C1. The van der Waals surface area contributed by atoms with Crippen LogP contribution in [0.4, 0.5) is 4.39 Å². The van der Waals surface area contributed by atoms with E-state index in [2.05, 4.69) is 5.32 Å². The number of amides is 1. The molecule has 132 valence electrons. The maximum Gasteiger partial charge on any atom is 0.224 e. The standard InChI is InChI=1S/C18H23FN2O2.ClH/c19-15-7-5-13(6-8-15)18(23)14-3-2-10-21(12-14)17(22)11-16-4-1-9-20-16;/h5-8,14,16,20H,1-4,9-12H2;1H. The molecule has 1 aromatic carbocycles. The molecule has 1 aromatic rings. The van der Waals surface area contributed by atoms with Gasteiger partial charge in [-0.05, 0) is 56.5 Å². The van der Waals surface area contributed by atoms with Crippen LogP contribution in [0.1, 0.15) is 42.5 Å². The first-order valence-electron chi connectivity index (χ1n) is 8.44. The summed E-state index contributed by atoms with van der Waals surface area (Å²) in [5.41, 5.74) is 0.531. The summed E-state index contributed by atoms with van der Waals surface area (Å²) < 4.78 is 13.0. The quantitative estimate of drug-likeness (QED) is 0.846. The zero-order valence-corrected chi connectivity index (χ0v) is 14.5. The van der Waals surface area contributed by atoms with Gasteiger partial charge in [0.05, 0.1) is 0 Å². The van der Waals surface area contributed by atoms with Crippen LogP contribution in [0.25, 0.3) is 0 Å². The highest BCUT2D eigenvalue weighted by molar-refractivity contribution is 5.98. The zero-order valence-electron chi connectivity index (χ0n) is 13.7. The van der Waals surface area contributed by atoms with Gasteiger partial charge < -0.3 is 10.2 Å². The number of benzene rings is 1. The molecule has 4 nitrogen and oxygen atoms in total. The lowest BCUT2D eigenvalue weighted by Gasteiger charge is -2.32. The molecule has 2 fully saturated rings. The summed E-state index contributed by atoms with van der Waals surface area (Å²) in [7, 11) is 0. The predicted molar refractivity (Wildman–Crippen MR) is 92.9 cm³/mol. The molecule has 1 amide bonds. The lowest BCUT2D eigenvalue weighted by molar-refractivity contribution is -0.133. The van der Waals surface area contributed by atoms with Crippen molar-refractivity contribution in [1.29, 1.82) is 0 Å². The largest absolute Gasteiger partial charge is 0.342 e. The van der Waals surface area contributed by atoms with Gasteiger partial charge in [-0.1, -0.05) is 0 Å². The van der Waals surface area contributed by atoms with E-state index in [-0.39, 0.29) is 41.9 Å². The van der Waals surface area contributed by atoms with E-state index in [1.165, 1.54) is 24.3 Å². The highest BCUT2D eigenvalue weighted by atomic mass is 35.5. The van der Waals surface area contributed by atoms with Crippen molar-refractivity contribution in [2.45, 2.75) is 38.1 Å². The van der Waals surface area contributed by atoms with Crippen molar-refractivity contribution in [2.24, 2.45) is 5.92 Å². The van der Waals surface area contributed by atoms with Crippen molar-refractivity contribution in [3.8, 4) is 0 Å². The van der Waals surface area contributed by atoms with E-state index in [0.717, 1.165) is 38.8 Å². The minimum absolute atomic E-state index is 0. The number of halogens is 2. The van der Waals surface area contributed by atoms with Crippen LogP contribution in [0, 0.1) is 11.7 Å². The molecule has 3 rings (SSSR count). The van der Waals surface area contributed by atoms with Gasteiger partial charge in [0.1, 0.15) is 5.82 Å². The first-order chi connectivity index (χ1) is 11.1. The molecular formula is C18H24ClFN2O2. The Hall–Kier alpha value is -1.46. The van der Waals surface area contributed by atoms with Crippen molar-refractivity contribution in [3.05, 3.63) is 35.6 Å². The molecule has 6 heteroatoms. The van der Waals surface area contributed by atoms with Gasteiger partial charge in [-0.2, -0.15) is 0 Å². The van der Waals surface area contributed by atoms with Gasteiger partial charge in [-0.25, -0.2) is 4.39 Å². The molecule has 0 bridgehead atoms. The Labute approximate surface area is 148 Å². The van der Waals surface area contributed by atoms with Crippen molar-refractivity contribution in [1.82, 2.24) is 10.2 Å². The van der Waals surface area contributed by atoms with Crippen LogP contribution in [0.5, 0.6) is 0 Å². The van der Waals surface area contributed by atoms with E-state index in [4.69, 9.17) is 0 Å². The van der Waals surface area contributed by atoms with Gasteiger partial charge in [-0.3, -0.25) is 9.59 Å². The van der Waals surface area contributed by atoms with Crippen LogP contribution in [-0.2, 0) is 4.79 Å². The Kier molecular flexibility index (Phi) is 6.75. The number of piperidine rings is 1. The molecule has 2 aliphatic heterocycles. The third-order valence-electron chi connectivity index (χ3n) is 4.86. The molecule has 2 saturated heterocycles. The van der Waals surface area contributed by atoms with Gasteiger partial charge in [0.15, 0.2) is 5.78 Å². The van der Waals surface area contributed by atoms with E-state index in [1.54, 1.807) is 0 Å². The summed E-state index contributed by atoms with van der Waals surface area (Å²) in [6.07, 6.45) is 4.35. The fourth-order valence-corrected chi connectivity index (χ4v) is 3.54. The van der Waals surface area contributed by atoms with Crippen LogP contribution in [-0.4, -0.2) is 42.3 Å². The molecule has 0 spiro atoms. The second kappa shape index (κ2) is 8.58. The molecule has 2 heterocycles. The van der Waals surface area contributed by atoms with Crippen LogP contribution < -0.4 is 5.32 Å². The van der Waals surface area contributed by atoms with Crippen molar-refractivity contribution in [2.75, 3.05) is 19.6 Å². The molecule has 24 heavy (non-hydrogen) atoms. The fraction of sp³-hybridized carbons (Fsp3) is 0.556. The van der Waals surface area contributed by atoms with Crippen LogP contribution in [0.2, 0.25) is 0 Å². The molecule has 0 saturated carbocycles. The van der Waals surface area contributed by atoms with Crippen LogP contribution in [0.3, 0.4) is 0 Å². The van der Waals surface area contributed by atoms with Gasteiger partial charge in [0.25, 0.3) is 0 Å². The predicted octanol–water partition coefficient (Wildman–Crippen LogP) is 2.81. The third-order valence-corrected chi connectivity index (χ3v) is 4.86. The van der Waals surface area contributed by atoms with E-state index < -0.39 is 0 Å². The van der Waals surface area contributed by atoms with Crippen LogP contribution >= 0.6 is 12.4 Å². The smallest absolute Gasteiger partial charge is 0.224 e. The number of nitrogens with zero attached hydrogens (tertiary/aromatic N) is 1. The van der Waals surface area contributed by atoms with Crippen LogP contribution in [0.15, 0.2) is 24.3 Å². The number of carbonyl (C=O) groups is 2. The van der Waals surface area contributed by atoms with Crippen molar-refractivity contribution >= 4 is 24.1 Å². The lowest BCUT2D eigenvalue weighted by atomic mass is 9.89. The Morgan fingerprint density at radius 1 is 1.17 bits per heavy atom. The molecule has 2 atom stereocenters. The summed E-state index contributed by atoms with van der Waals surface area (Å²) in [4.78, 5) is 26.8. The molecule has 2 aliphatic rings. The molecule has 1 N–H and O–H groups in total. The van der Waals surface area contributed by atoms with Crippen molar-refractivity contribution in [3.63, 3.8) is 0 Å². The second-order valence-corrected chi connectivity index (χ2v) is 6.55. The van der Waals surface area contributed by atoms with Gasteiger partial charge in [-0.15, -0.1) is 12.4 Å². The van der Waals surface area contributed by atoms with Gasteiger partial charge >= 0.3 is 0 Å². The van der Waals surface area contributed by atoms with E-state index in [9.17, 15) is 14.0 Å². The first-order valence-corrected chi connectivity index (χ1v) is 8.44. The normalized spacial score (nSPS) is 23.6. The summed E-state index contributed by atoms with van der Waals surface area (Å²) in [6.45, 7) is 2.21. The summed E-state index contributed by atoms with van der Waals surface area (Å²) in [5, 5.41) is 3.34. The van der Waals surface area contributed by atoms with Crippen molar-refractivity contribution < 1.29 is 14.0 Å². The summed E-state index contributed by atoms with van der Waals surface area (Å²) in [6, 6.07) is 5.97. The first kappa shape index (κ1) is 18.9. The lowest BCUT2D eigenvalue weighted by Crippen LogP contribution is -2.44. The Morgan fingerprint density at radius 2 is 1.92 bits per heavy atom. The monoisotopic (exact) mass is 354 g/mol. The number of hydrogen-bond donors (Lipinski definition) is 1. The average molecular weight is 355 g/mol. The Balaban J connectivity index is 0.00000208. The average Bonchev–Trinajstić information content (AvgIpc) is 3.08. The zero-order chi connectivity index (χ0) is 16.2. The number of likely N-dealkylation sites (tertiary alicyclic amines) is 1. The van der Waals surface area contributed by atoms with Gasteiger partial charge in [0, 0.05) is 37.0 Å². The number of carbonyl (C=O) groups excluding carboxylic acids is 2. The fourth-order valence-electron chi connectivity index (χ4n) is 3.54. The highest BCUT2D eigenvalue weighted by Crippen LogP contribution is 2.22. The second-order valence-electron chi connectivity index (χ2n) is 6.55. The summed E-state index contributed by atoms with van der Waals surface area (Å²) in [5.74, 6) is -0.358. The minimum atomic E-state index is -0.342. The number of ketones is 1. The molecular weight excluding hydrogens is 331 g/mol. The molecule has 0 radical (unpaired) electrons. The number of Topliss-reactive ketones (excluding diaryl/α,β-unsaturated/α-hetero) is 1. The third kappa shape index (κ3) is 4.54. The minimum Gasteiger partial charge on any atom is -0.342 e. The number of nitrogens with one attached hydrogen (secondary N) is 1. The maximum absolute atomic E-state index is 13.0. The Bertz CT molecular complexity index is 573. The summed E-state index contributed by atoms with van der Waals surface area (Å²) >= 11 is 0. The Morgan fingerprint density at radius 3 is 2.58 bits per heavy atom. The van der Waals surface area contributed by atoms with E-state index in [0.29, 0.717) is 18.5 Å². The molecule has 0 aliphatic carbocycles.